The maximum absolute atomic E-state index is 11.5. The Kier molecular flexibility index (Phi) is 6.38. The Bertz CT molecular complexity index is 587. The highest BCUT2D eigenvalue weighted by Gasteiger charge is 2.03. The van der Waals surface area contributed by atoms with E-state index in [1.807, 2.05) is 0 Å². The van der Waals surface area contributed by atoms with Crippen LogP contribution in [0.3, 0.4) is 0 Å². The number of amides is 1. The molecule has 1 aromatic heterocycles. The third kappa shape index (κ3) is 5.19. The van der Waals surface area contributed by atoms with Gasteiger partial charge in [0, 0.05) is 12.1 Å². The zero-order chi connectivity index (χ0) is 15.0. The van der Waals surface area contributed by atoms with Crippen molar-refractivity contribution in [1.82, 2.24) is 15.4 Å². The summed E-state index contributed by atoms with van der Waals surface area (Å²) in [5.41, 5.74) is 5.57. The highest BCUT2D eigenvalue weighted by Crippen LogP contribution is 1.97. The van der Waals surface area contributed by atoms with E-state index in [2.05, 4.69) is 26.2 Å². The van der Waals surface area contributed by atoms with Gasteiger partial charge in [-0.3, -0.25) is 14.6 Å². The highest BCUT2D eigenvalue weighted by atomic mass is 16.2. The summed E-state index contributed by atoms with van der Waals surface area (Å²) >= 11 is 0. The number of nitrogens with zero attached hydrogens (tertiary/aromatic N) is 1. The summed E-state index contributed by atoms with van der Waals surface area (Å²) in [7, 11) is 0. The van der Waals surface area contributed by atoms with Gasteiger partial charge in [-0.15, -0.1) is 0 Å². The molecule has 1 aromatic rings. The first-order valence-electron chi connectivity index (χ1n) is 6.49. The number of carbonyl (C=O) groups is 1. The van der Waals surface area contributed by atoms with Crippen molar-refractivity contribution in [2.45, 2.75) is 32.6 Å². The summed E-state index contributed by atoms with van der Waals surface area (Å²) in [5, 5.41) is 3.71. The lowest BCUT2D eigenvalue weighted by atomic mass is 10.2. The van der Waals surface area contributed by atoms with E-state index in [1.165, 1.54) is 6.21 Å². The van der Waals surface area contributed by atoms with Gasteiger partial charge in [0.15, 0.2) is 0 Å². The number of hydrazone groups is 1. The minimum absolute atomic E-state index is 0.205. The molecule has 20 heavy (non-hydrogen) atoms. The summed E-state index contributed by atoms with van der Waals surface area (Å²) < 4.78 is 0. The van der Waals surface area contributed by atoms with E-state index < -0.39 is 11.2 Å². The number of carbonyl (C=O) groups excluding carboxylic acids is 1. The van der Waals surface area contributed by atoms with Crippen molar-refractivity contribution in [1.29, 1.82) is 0 Å². The van der Waals surface area contributed by atoms with Gasteiger partial charge in [0.05, 0.1) is 18.3 Å². The normalized spacial score (nSPS) is 10.9. The van der Waals surface area contributed by atoms with Crippen molar-refractivity contribution in [3.63, 3.8) is 0 Å². The maximum Gasteiger partial charge on any atom is 0.325 e. The molecule has 0 aliphatic carbocycles. The van der Waals surface area contributed by atoms with Gasteiger partial charge in [-0.2, -0.15) is 5.10 Å². The molecule has 0 bridgehead atoms. The molecule has 8 heteroatoms. The van der Waals surface area contributed by atoms with Gasteiger partial charge in [-0.1, -0.05) is 0 Å². The number of rotatable bonds is 7. The molecule has 0 aliphatic heterocycles. The number of quaternary nitrogens is 1. The van der Waals surface area contributed by atoms with E-state index in [-0.39, 0.29) is 11.5 Å². The number of unbranched alkanes of at least 4 members (excludes halogenated alkanes) is 2. The van der Waals surface area contributed by atoms with Crippen molar-refractivity contribution in [2.24, 2.45) is 5.10 Å². The Hall–Kier alpha value is -2.22. The monoisotopic (exact) mass is 282 g/mol. The van der Waals surface area contributed by atoms with Crippen LogP contribution < -0.4 is 22.4 Å². The van der Waals surface area contributed by atoms with Crippen LogP contribution >= 0.6 is 0 Å². The van der Waals surface area contributed by atoms with Crippen LogP contribution in [0.4, 0.5) is 0 Å². The van der Waals surface area contributed by atoms with E-state index in [9.17, 15) is 14.4 Å². The van der Waals surface area contributed by atoms with Crippen molar-refractivity contribution >= 4 is 12.1 Å². The van der Waals surface area contributed by atoms with Gasteiger partial charge in [0.2, 0.25) is 5.91 Å². The van der Waals surface area contributed by atoms with Gasteiger partial charge >= 0.3 is 5.69 Å². The molecule has 1 rings (SSSR count). The zero-order valence-corrected chi connectivity index (χ0v) is 11.5. The van der Waals surface area contributed by atoms with Crippen molar-refractivity contribution in [3.05, 3.63) is 32.1 Å². The van der Waals surface area contributed by atoms with Crippen LogP contribution in [0.25, 0.3) is 0 Å². The van der Waals surface area contributed by atoms with Crippen molar-refractivity contribution in [3.8, 4) is 0 Å². The first-order valence-corrected chi connectivity index (χ1v) is 6.49. The van der Waals surface area contributed by atoms with Crippen LogP contribution in [0.15, 0.2) is 14.7 Å². The first-order chi connectivity index (χ1) is 9.54. The summed E-state index contributed by atoms with van der Waals surface area (Å²) in [6, 6.07) is 0. The second-order valence-electron chi connectivity index (χ2n) is 4.40. The van der Waals surface area contributed by atoms with Gasteiger partial charge in [-0.05, 0) is 26.2 Å². The number of H-pyrrole nitrogens is 2. The number of hydrogen-bond acceptors (Lipinski definition) is 4. The van der Waals surface area contributed by atoms with Crippen LogP contribution in [0, 0.1) is 6.92 Å². The molecule has 0 fully saturated rings. The Morgan fingerprint density at radius 3 is 2.70 bits per heavy atom. The topological polar surface area (TPSA) is 135 Å². The largest absolute Gasteiger partial charge is 0.358 e. The molecule has 1 heterocycles. The Morgan fingerprint density at radius 2 is 2.05 bits per heavy atom. The molecule has 6 N–H and O–H groups in total. The molecule has 0 aliphatic rings. The van der Waals surface area contributed by atoms with Gasteiger partial charge in [0.25, 0.3) is 5.56 Å². The lowest BCUT2D eigenvalue weighted by Crippen LogP contribution is -2.50. The van der Waals surface area contributed by atoms with Gasteiger partial charge in [-0.25, -0.2) is 10.2 Å². The molecular formula is C12H20N5O3+. The number of hydrogen-bond donors (Lipinski definition) is 4. The minimum atomic E-state index is -0.570. The molecule has 8 nitrogen and oxygen atoms in total. The van der Waals surface area contributed by atoms with Gasteiger partial charge < -0.3 is 10.7 Å². The molecule has 0 unspecified atom stereocenters. The molecule has 0 aromatic carbocycles. The van der Waals surface area contributed by atoms with E-state index >= 15 is 0 Å². The van der Waals surface area contributed by atoms with E-state index in [0.29, 0.717) is 12.1 Å². The second kappa shape index (κ2) is 8.05. The smallest absolute Gasteiger partial charge is 0.325 e. The predicted molar refractivity (Wildman–Crippen MR) is 74.4 cm³/mol. The standard InChI is InChI=1S/C12H19N5O3/c1-8-9(11(19)16-12(20)15-8)7-14-17-10(18)5-3-2-4-6-13/h7H,2-6,13H2,1H3,(H,17,18)(H2,15,16,19,20)/p+1/b14-7+. The fraction of sp³-hybridized carbons (Fsp3) is 0.500. The van der Waals surface area contributed by atoms with Crippen LogP contribution in [0.1, 0.15) is 36.9 Å². The second-order valence-corrected chi connectivity index (χ2v) is 4.40. The average molecular weight is 282 g/mol. The molecule has 0 saturated heterocycles. The Morgan fingerprint density at radius 1 is 1.30 bits per heavy atom. The van der Waals surface area contributed by atoms with Crippen LogP contribution in [0.5, 0.6) is 0 Å². The van der Waals surface area contributed by atoms with Crippen LogP contribution in [0.2, 0.25) is 0 Å². The molecule has 0 atom stereocenters. The quantitative estimate of drug-likeness (QED) is 0.279. The zero-order valence-electron chi connectivity index (χ0n) is 11.5. The summed E-state index contributed by atoms with van der Waals surface area (Å²) in [6.45, 7) is 2.45. The van der Waals surface area contributed by atoms with Crippen LogP contribution in [-0.2, 0) is 4.79 Å². The molecule has 0 saturated carbocycles. The Balaban J connectivity index is 2.51. The maximum atomic E-state index is 11.5. The number of aryl methyl sites for hydroxylation is 1. The fourth-order valence-electron chi connectivity index (χ4n) is 1.63. The minimum Gasteiger partial charge on any atom is -0.358 e. The molecular weight excluding hydrogens is 262 g/mol. The van der Waals surface area contributed by atoms with E-state index in [0.717, 1.165) is 25.8 Å². The first kappa shape index (κ1) is 15.8. The SMILES string of the molecule is Cc1[nH]c(=O)[nH]c(=O)c1/C=N/NC(=O)CCCCC[NH3+]. The lowest BCUT2D eigenvalue weighted by molar-refractivity contribution is -0.368. The molecule has 1 amide bonds. The Labute approximate surface area is 115 Å². The van der Waals surface area contributed by atoms with Crippen molar-refractivity contribution < 1.29 is 10.5 Å². The predicted octanol–water partition coefficient (Wildman–Crippen LogP) is -1.38. The fourth-order valence-corrected chi connectivity index (χ4v) is 1.63. The lowest BCUT2D eigenvalue weighted by Gasteiger charge is -2.00. The number of aromatic nitrogens is 2. The highest BCUT2D eigenvalue weighted by molar-refractivity contribution is 5.82. The van der Waals surface area contributed by atoms with E-state index in [1.54, 1.807) is 6.92 Å². The molecule has 110 valence electrons. The summed E-state index contributed by atoms with van der Waals surface area (Å²) in [6.07, 6.45) is 4.35. The summed E-state index contributed by atoms with van der Waals surface area (Å²) in [5.74, 6) is -0.205. The van der Waals surface area contributed by atoms with Crippen molar-refractivity contribution in [2.75, 3.05) is 6.54 Å². The summed E-state index contributed by atoms with van der Waals surface area (Å²) in [4.78, 5) is 38.5. The number of nitrogens with one attached hydrogen (secondary N) is 3. The molecule has 0 radical (unpaired) electrons. The average Bonchev–Trinajstić information content (AvgIpc) is 2.37. The third-order valence-corrected chi connectivity index (χ3v) is 2.71. The third-order valence-electron chi connectivity index (χ3n) is 2.71. The van der Waals surface area contributed by atoms with Crippen LogP contribution in [-0.4, -0.2) is 28.6 Å². The van der Waals surface area contributed by atoms with Gasteiger partial charge in [0.1, 0.15) is 0 Å². The van der Waals surface area contributed by atoms with E-state index in [4.69, 9.17) is 0 Å². The molecule has 0 spiro atoms. The number of aromatic amines is 2.